The van der Waals surface area contributed by atoms with Gasteiger partial charge in [-0.1, -0.05) is 0 Å². The molecule has 0 aromatic heterocycles. The third-order valence-corrected chi connectivity index (χ3v) is 3.94. The number of carboxylic acids is 1. The van der Waals surface area contributed by atoms with Gasteiger partial charge < -0.3 is 14.6 Å². The van der Waals surface area contributed by atoms with Crippen molar-refractivity contribution < 1.29 is 29.0 Å². The van der Waals surface area contributed by atoms with E-state index in [2.05, 4.69) is 15.6 Å². The van der Waals surface area contributed by atoms with Crippen LogP contribution < -0.4 is 10.6 Å². The maximum atomic E-state index is 12.0. The molecule has 0 radical (unpaired) electrons. The molecule has 1 aliphatic carbocycles. The van der Waals surface area contributed by atoms with Gasteiger partial charge in [-0.2, -0.15) is 0 Å². The molecule has 9 nitrogen and oxygen atoms in total. The molecule has 0 spiro atoms. The molecule has 9 heteroatoms. The van der Waals surface area contributed by atoms with E-state index in [0.29, 0.717) is 19.4 Å². The SMILES string of the molecule is CC(C)(C)OC(=O)NC(=NCC1CCC(C(=O)O)CC1)NC(=O)OC(C)(C)C. The van der Waals surface area contributed by atoms with Crippen LogP contribution in [0.15, 0.2) is 4.99 Å². The quantitative estimate of drug-likeness (QED) is 0.494. The van der Waals surface area contributed by atoms with Crippen molar-refractivity contribution in [3.8, 4) is 0 Å². The van der Waals surface area contributed by atoms with Crippen molar-refractivity contribution in [2.45, 2.75) is 78.4 Å². The molecular formula is C19H33N3O6. The molecule has 0 unspecified atom stereocenters. The van der Waals surface area contributed by atoms with Crippen molar-refractivity contribution in [1.82, 2.24) is 10.6 Å². The van der Waals surface area contributed by atoms with Crippen molar-refractivity contribution in [2.24, 2.45) is 16.8 Å². The zero-order valence-electron chi connectivity index (χ0n) is 17.6. The second-order valence-electron chi connectivity index (χ2n) is 9.00. The summed E-state index contributed by atoms with van der Waals surface area (Å²) in [7, 11) is 0. The van der Waals surface area contributed by atoms with Gasteiger partial charge in [0.15, 0.2) is 0 Å². The van der Waals surface area contributed by atoms with E-state index < -0.39 is 29.4 Å². The summed E-state index contributed by atoms with van der Waals surface area (Å²) in [6.07, 6.45) is 1.18. The minimum absolute atomic E-state index is 0.0520. The average Bonchev–Trinajstić information content (AvgIpc) is 2.49. The number of carbonyl (C=O) groups is 3. The normalized spacial score (nSPS) is 19.9. The van der Waals surface area contributed by atoms with Crippen LogP contribution >= 0.6 is 0 Å². The lowest BCUT2D eigenvalue weighted by atomic mass is 9.82. The Hall–Kier alpha value is -2.32. The summed E-state index contributed by atoms with van der Waals surface area (Å²) in [5, 5.41) is 14.0. The first-order valence-electron chi connectivity index (χ1n) is 9.52. The monoisotopic (exact) mass is 399 g/mol. The minimum atomic E-state index is -0.763. The molecule has 1 aliphatic rings. The Morgan fingerprint density at radius 2 is 1.32 bits per heavy atom. The number of alkyl carbamates (subject to hydrolysis) is 2. The van der Waals surface area contributed by atoms with Crippen LogP contribution in [0.1, 0.15) is 67.2 Å². The number of hydrogen-bond acceptors (Lipinski definition) is 6. The molecule has 0 heterocycles. The van der Waals surface area contributed by atoms with Gasteiger partial charge in [-0.05, 0) is 73.1 Å². The highest BCUT2D eigenvalue weighted by molar-refractivity contribution is 6.01. The first-order chi connectivity index (χ1) is 12.7. The van der Waals surface area contributed by atoms with Gasteiger partial charge in [0, 0.05) is 6.54 Å². The van der Waals surface area contributed by atoms with E-state index in [9.17, 15) is 14.4 Å². The fourth-order valence-corrected chi connectivity index (χ4v) is 2.72. The molecule has 0 aromatic rings. The number of amides is 2. The number of carboxylic acid groups (broad SMARTS) is 1. The molecule has 1 fully saturated rings. The standard InChI is InChI=1S/C19H33N3O6/c1-18(2,3)27-16(25)21-15(22-17(26)28-19(4,5)6)20-11-12-7-9-13(10-8-12)14(23)24/h12-13H,7-11H2,1-6H3,(H,23,24)(H2,20,21,22,25,26). The lowest BCUT2D eigenvalue weighted by Gasteiger charge is -2.25. The Bertz CT molecular complexity index is 564. The van der Waals surface area contributed by atoms with Crippen molar-refractivity contribution in [1.29, 1.82) is 0 Å². The van der Waals surface area contributed by atoms with Crippen LogP contribution in [0.2, 0.25) is 0 Å². The Morgan fingerprint density at radius 1 is 0.893 bits per heavy atom. The minimum Gasteiger partial charge on any atom is -0.481 e. The van der Waals surface area contributed by atoms with E-state index in [1.165, 1.54) is 0 Å². The van der Waals surface area contributed by atoms with Gasteiger partial charge in [0.2, 0.25) is 5.96 Å². The highest BCUT2D eigenvalue weighted by Crippen LogP contribution is 2.29. The fourth-order valence-electron chi connectivity index (χ4n) is 2.72. The number of rotatable bonds is 3. The summed E-state index contributed by atoms with van der Waals surface area (Å²) in [4.78, 5) is 39.4. The van der Waals surface area contributed by atoms with Crippen LogP contribution in [0.3, 0.4) is 0 Å². The number of guanidine groups is 1. The maximum absolute atomic E-state index is 12.0. The third-order valence-electron chi connectivity index (χ3n) is 3.94. The molecule has 0 aliphatic heterocycles. The van der Waals surface area contributed by atoms with Crippen molar-refractivity contribution >= 4 is 24.1 Å². The molecule has 160 valence electrons. The van der Waals surface area contributed by atoms with Gasteiger partial charge >= 0.3 is 18.2 Å². The van der Waals surface area contributed by atoms with Crippen molar-refractivity contribution in [3.05, 3.63) is 0 Å². The van der Waals surface area contributed by atoms with Crippen LogP contribution in [0, 0.1) is 11.8 Å². The first kappa shape index (κ1) is 23.7. The molecule has 0 saturated heterocycles. The Balaban J connectivity index is 2.73. The van der Waals surface area contributed by atoms with Crippen LogP contribution in [0.25, 0.3) is 0 Å². The highest BCUT2D eigenvalue weighted by Gasteiger charge is 2.26. The average molecular weight is 399 g/mol. The first-order valence-corrected chi connectivity index (χ1v) is 9.52. The molecule has 2 amide bonds. The maximum Gasteiger partial charge on any atom is 0.414 e. The second-order valence-corrected chi connectivity index (χ2v) is 9.00. The predicted molar refractivity (Wildman–Crippen MR) is 104 cm³/mol. The van der Waals surface area contributed by atoms with Gasteiger partial charge in [0.1, 0.15) is 11.2 Å². The topological polar surface area (TPSA) is 126 Å². The molecule has 1 saturated carbocycles. The van der Waals surface area contributed by atoms with Gasteiger partial charge in [0.25, 0.3) is 0 Å². The van der Waals surface area contributed by atoms with E-state index in [-0.39, 0.29) is 17.8 Å². The Labute approximate surface area is 166 Å². The predicted octanol–water partition coefficient (Wildman–Crippen LogP) is 3.28. The summed E-state index contributed by atoms with van der Waals surface area (Å²) >= 11 is 0. The molecule has 1 rings (SSSR count). The smallest absolute Gasteiger partial charge is 0.414 e. The van der Waals surface area contributed by atoms with E-state index in [1.54, 1.807) is 41.5 Å². The lowest BCUT2D eigenvalue weighted by molar-refractivity contribution is -0.143. The van der Waals surface area contributed by atoms with Crippen LogP contribution in [0.5, 0.6) is 0 Å². The van der Waals surface area contributed by atoms with Crippen molar-refractivity contribution in [2.75, 3.05) is 6.54 Å². The van der Waals surface area contributed by atoms with Crippen LogP contribution in [0.4, 0.5) is 9.59 Å². The lowest BCUT2D eigenvalue weighted by Crippen LogP contribution is -2.47. The largest absolute Gasteiger partial charge is 0.481 e. The Kier molecular flexibility index (Phi) is 8.26. The Morgan fingerprint density at radius 3 is 1.68 bits per heavy atom. The van der Waals surface area contributed by atoms with Gasteiger partial charge in [0.05, 0.1) is 5.92 Å². The van der Waals surface area contributed by atoms with Crippen LogP contribution in [-0.4, -0.2) is 47.0 Å². The van der Waals surface area contributed by atoms with E-state index in [4.69, 9.17) is 14.6 Å². The summed E-state index contributed by atoms with van der Waals surface area (Å²) < 4.78 is 10.4. The van der Waals surface area contributed by atoms with Gasteiger partial charge in [-0.3, -0.25) is 20.4 Å². The fraction of sp³-hybridized carbons (Fsp3) is 0.789. The number of nitrogens with one attached hydrogen (secondary N) is 2. The highest BCUT2D eigenvalue weighted by atomic mass is 16.6. The summed E-state index contributed by atoms with van der Waals surface area (Å²) in [6.45, 7) is 10.7. The molecule has 3 N–H and O–H groups in total. The number of aliphatic carboxylic acids is 1. The zero-order chi connectivity index (χ0) is 21.5. The third kappa shape index (κ3) is 10.1. The van der Waals surface area contributed by atoms with E-state index in [0.717, 1.165) is 12.8 Å². The van der Waals surface area contributed by atoms with Gasteiger partial charge in [-0.25, -0.2) is 9.59 Å². The second kappa shape index (κ2) is 9.75. The number of ether oxygens (including phenoxy) is 2. The molecule has 28 heavy (non-hydrogen) atoms. The summed E-state index contributed by atoms with van der Waals surface area (Å²) in [5.41, 5.74) is -1.40. The molecular weight excluding hydrogens is 366 g/mol. The number of aliphatic imine (C=N–C) groups is 1. The number of hydrogen-bond donors (Lipinski definition) is 3. The number of nitrogens with zero attached hydrogens (tertiary/aromatic N) is 1. The van der Waals surface area contributed by atoms with Gasteiger partial charge in [-0.15, -0.1) is 0 Å². The zero-order valence-corrected chi connectivity index (χ0v) is 17.6. The van der Waals surface area contributed by atoms with E-state index in [1.807, 2.05) is 0 Å². The molecule has 0 aromatic carbocycles. The van der Waals surface area contributed by atoms with Crippen molar-refractivity contribution in [3.63, 3.8) is 0 Å². The van der Waals surface area contributed by atoms with E-state index >= 15 is 0 Å². The summed E-state index contributed by atoms with van der Waals surface area (Å²) in [5.74, 6) is -0.935. The summed E-state index contributed by atoms with van der Waals surface area (Å²) in [6, 6.07) is 0. The van der Waals surface area contributed by atoms with Crippen LogP contribution in [-0.2, 0) is 14.3 Å². The molecule has 0 atom stereocenters. The number of carbonyl (C=O) groups excluding carboxylic acids is 2. The molecule has 0 bridgehead atoms.